The summed E-state index contributed by atoms with van der Waals surface area (Å²) in [5.41, 5.74) is 2.76. The van der Waals surface area contributed by atoms with Crippen LogP contribution in [0, 0.1) is 6.92 Å². The average molecular weight is 362 g/mol. The summed E-state index contributed by atoms with van der Waals surface area (Å²) in [5.74, 6) is 0.788. The van der Waals surface area contributed by atoms with Crippen LogP contribution in [0.25, 0.3) is 0 Å². The molecule has 0 amide bonds. The van der Waals surface area contributed by atoms with Crippen LogP contribution in [0.1, 0.15) is 22.6 Å². The topological polar surface area (TPSA) is 55.8 Å². The molecule has 0 aliphatic heterocycles. The van der Waals surface area contributed by atoms with E-state index in [-0.39, 0.29) is 0 Å². The van der Waals surface area contributed by atoms with Gasteiger partial charge in [0, 0.05) is 0 Å². The number of para-hydroxylation sites is 1. The van der Waals surface area contributed by atoms with Crippen LogP contribution >= 0.6 is 0 Å². The molecule has 1 unspecified atom stereocenters. The minimum Gasteiger partial charge on any atom is -0.497 e. The average Bonchev–Trinajstić information content (AvgIpc) is 2.69. The van der Waals surface area contributed by atoms with Gasteiger partial charge in [-0.25, -0.2) is 0 Å². The van der Waals surface area contributed by atoms with E-state index >= 15 is 0 Å². The number of hydrogen-bond donors (Lipinski definition) is 1. The van der Waals surface area contributed by atoms with Gasteiger partial charge < -0.3 is 14.6 Å². The van der Waals surface area contributed by atoms with E-state index in [1.165, 1.54) is 0 Å². The number of rotatable bonds is 7. The number of hydrogen-bond acceptors (Lipinski definition) is 3. The summed E-state index contributed by atoms with van der Waals surface area (Å²) in [6.07, 6.45) is 0.409. The van der Waals surface area contributed by atoms with Crippen molar-refractivity contribution in [3.63, 3.8) is 0 Å². The van der Waals surface area contributed by atoms with Gasteiger partial charge in [-0.2, -0.15) is 0 Å². The van der Waals surface area contributed by atoms with Crippen LogP contribution in [-0.4, -0.2) is 18.2 Å². The van der Waals surface area contributed by atoms with Crippen molar-refractivity contribution in [1.82, 2.24) is 0 Å². The SMILES string of the molecule is COc1ccc(C(Cc2ccc(Oc3ccccc3C)cc2)C(=O)O)cc1. The fourth-order valence-electron chi connectivity index (χ4n) is 2.91. The molecule has 0 heterocycles. The van der Waals surface area contributed by atoms with Crippen molar-refractivity contribution in [2.24, 2.45) is 0 Å². The molecule has 0 aliphatic rings. The summed E-state index contributed by atoms with van der Waals surface area (Å²) in [6, 6.07) is 22.5. The second-order valence-electron chi connectivity index (χ2n) is 6.38. The summed E-state index contributed by atoms with van der Waals surface area (Å²) in [5, 5.41) is 9.64. The zero-order valence-corrected chi connectivity index (χ0v) is 15.4. The van der Waals surface area contributed by atoms with Crippen molar-refractivity contribution < 1.29 is 19.4 Å². The van der Waals surface area contributed by atoms with Crippen LogP contribution in [-0.2, 0) is 11.2 Å². The predicted molar refractivity (Wildman–Crippen MR) is 105 cm³/mol. The van der Waals surface area contributed by atoms with Crippen molar-refractivity contribution in [2.75, 3.05) is 7.11 Å². The fraction of sp³-hybridized carbons (Fsp3) is 0.174. The number of aryl methyl sites for hydroxylation is 1. The summed E-state index contributed by atoms with van der Waals surface area (Å²) < 4.78 is 11.0. The molecule has 4 nitrogen and oxygen atoms in total. The molecule has 3 aromatic rings. The summed E-state index contributed by atoms with van der Waals surface area (Å²) in [7, 11) is 1.59. The van der Waals surface area contributed by atoms with Crippen molar-refractivity contribution in [1.29, 1.82) is 0 Å². The van der Waals surface area contributed by atoms with Gasteiger partial charge in [0.25, 0.3) is 0 Å². The summed E-state index contributed by atoms with van der Waals surface area (Å²) in [6.45, 7) is 2.00. The molecule has 0 saturated carbocycles. The van der Waals surface area contributed by atoms with Crippen LogP contribution in [0.4, 0.5) is 0 Å². The Kier molecular flexibility index (Phi) is 5.77. The molecule has 0 radical (unpaired) electrons. The van der Waals surface area contributed by atoms with E-state index in [0.717, 1.165) is 28.2 Å². The predicted octanol–water partition coefficient (Wildman–Crippen LogP) is 5.21. The van der Waals surface area contributed by atoms with Gasteiger partial charge in [-0.15, -0.1) is 0 Å². The maximum absolute atomic E-state index is 11.7. The molecular weight excluding hydrogens is 340 g/mol. The molecule has 0 aliphatic carbocycles. The maximum Gasteiger partial charge on any atom is 0.311 e. The monoisotopic (exact) mass is 362 g/mol. The largest absolute Gasteiger partial charge is 0.497 e. The van der Waals surface area contributed by atoms with Gasteiger partial charge in [0.05, 0.1) is 13.0 Å². The van der Waals surface area contributed by atoms with Crippen LogP contribution in [0.2, 0.25) is 0 Å². The van der Waals surface area contributed by atoms with E-state index in [1.807, 2.05) is 55.5 Å². The quantitative estimate of drug-likeness (QED) is 0.627. The third kappa shape index (κ3) is 4.67. The second kappa shape index (κ2) is 8.41. The minimum atomic E-state index is -0.847. The van der Waals surface area contributed by atoms with Crippen LogP contribution in [0.5, 0.6) is 17.2 Å². The zero-order chi connectivity index (χ0) is 19.2. The Bertz CT molecular complexity index is 898. The smallest absolute Gasteiger partial charge is 0.311 e. The minimum absolute atomic E-state index is 0.409. The standard InChI is InChI=1S/C23H22O4/c1-16-5-3-4-6-22(16)27-20-11-7-17(8-12-20)15-21(23(24)25)18-9-13-19(26-2)14-10-18/h3-14,21H,15H2,1-2H3,(H,24,25). The highest BCUT2D eigenvalue weighted by atomic mass is 16.5. The number of carboxylic acids is 1. The van der Waals surface area contributed by atoms with E-state index in [0.29, 0.717) is 12.2 Å². The molecule has 1 atom stereocenters. The van der Waals surface area contributed by atoms with Crippen LogP contribution in [0.3, 0.4) is 0 Å². The molecule has 0 saturated heterocycles. The van der Waals surface area contributed by atoms with Crippen molar-refractivity contribution in [3.8, 4) is 17.2 Å². The Morgan fingerprint density at radius 2 is 1.56 bits per heavy atom. The number of methoxy groups -OCH3 is 1. The molecule has 0 aromatic heterocycles. The third-order valence-electron chi connectivity index (χ3n) is 4.50. The van der Waals surface area contributed by atoms with Gasteiger partial charge >= 0.3 is 5.97 Å². The Labute approximate surface area is 159 Å². The number of ether oxygens (including phenoxy) is 2. The maximum atomic E-state index is 11.7. The molecular formula is C23H22O4. The Balaban J connectivity index is 1.73. The van der Waals surface area contributed by atoms with Crippen LogP contribution in [0.15, 0.2) is 72.8 Å². The lowest BCUT2D eigenvalue weighted by Gasteiger charge is -2.14. The first-order valence-corrected chi connectivity index (χ1v) is 8.76. The van der Waals surface area contributed by atoms with E-state index in [2.05, 4.69) is 0 Å². The molecule has 27 heavy (non-hydrogen) atoms. The molecule has 0 fully saturated rings. The summed E-state index contributed by atoms with van der Waals surface area (Å²) >= 11 is 0. The lowest BCUT2D eigenvalue weighted by atomic mass is 9.92. The molecule has 0 bridgehead atoms. The highest BCUT2D eigenvalue weighted by Crippen LogP contribution is 2.27. The first-order chi connectivity index (χ1) is 13.1. The first kappa shape index (κ1) is 18.5. The second-order valence-corrected chi connectivity index (χ2v) is 6.38. The molecule has 3 aromatic carbocycles. The normalized spacial score (nSPS) is 11.6. The van der Waals surface area contributed by atoms with E-state index in [1.54, 1.807) is 31.4 Å². The van der Waals surface area contributed by atoms with Gasteiger partial charge in [0.2, 0.25) is 0 Å². The zero-order valence-electron chi connectivity index (χ0n) is 15.4. The number of benzene rings is 3. The Hall–Kier alpha value is -3.27. The number of aliphatic carboxylic acids is 1. The first-order valence-electron chi connectivity index (χ1n) is 8.76. The van der Waals surface area contributed by atoms with Gasteiger partial charge in [0.15, 0.2) is 0 Å². The van der Waals surface area contributed by atoms with Crippen molar-refractivity contribution in [3.05, 3.63) is 89.5 Å². The Morgan fingerprint density at radius 1 is 0.926 bits per heavy atom. The molecule has 4 heteroatoms. The van der Waals surface area contributed by atoms with E-state index < -0.39 is 11.9 Å². The fourth-order valence-corrected chi connectivity index (χ4v) is 2.91. The van der Waals surface area contributed by atoms with Gasteiger partial charge in [-0.1, -0.05) is 42.5 Å². The third-order valence-corrected chi connectivity index (χ3v) is 4.50. The molecule has 1 N–H and O–H groups in total. The highest BCUT2D eigenvalue weighted by molar-refractivity contribution is 5.76. The molecule has 0 spiro atoms. The van der Waals surface area contributed by atoms with Gasteiger partial charge in [-0.3, -0.25) is 4.79 Å². The number of carbonyl (C=O) groups is 1. The summed E-state index contributed by atoms with van der Waals surface area (Å²) in [4.78, 5) is 11.7. The lowest BCUT2D eigenvalue weighted by Crippen LogP contribution is -2.14. The van der Waals surface area contributed by atoms with Crippen molar-refractivity contribution in [2.45, 2.75) is 19.3 Å². The van der Waals surface area contributed by atoms with Crippen molar-refractivity contribution >= 4 is 5.97 Å². The number of carboxylic acid groups (broad SMARTS) is 1. The van der Waals surface area contributed by atoms with E-state index in [4.69, 9.17) is 9.47 Å². The highest BCUT2D eigenvalue weighted by Gasteiger charge is 2.20. The lowest BCUT2D eigenvalue weighted by molar-refractivity contribution is -0.138. The van der Waals surface area contributed by atoms with E-state index in [9.17, 15) is 9.90 Å². The molecule has 3 rings (SSSR count). The van der Waals surface area contributed by atoms with Gasteiger partial charge in [0.1, 0.15) is 17.2 Å². The Morgan fingerprint density at radius 3 is 2.15 bits per heavy atom. The van der Waals surface area contributed by atoms with Crippen LogP contribution < -0.4 is 9.47 Å². The van der Waals surface area contributed by atoms with Gasteiger partial charge in [-0.05, 0) is 60.4 Å². The molecule has 138 valence electrons.